The van der Waals surface area contributed by atoms with Gasteiger partial charge in [0.25, 0.3) is 6.71 Å². The summed E-state index contributed by atoms with van der Waals surface area (Å²) < 4.78 is 29.0. The van der Waals surface area contributed by atoms with E-state index in [1.807, 2.05) is 0 Å². The van der Waals surface area contributed by atoms with Gasteiger partial charge in [-0.3, -0.25) is 0 Å². The molecule has 0 radical (unpaired) electrons. The van der Waals surface area contributed by atoms with Gasteiger partial charge >= 0.3 is 0 Å². The van der Waals surface area contributed by atoms with E-state index in [2.05, 4.69) is 346 Å². The molecule has 0 amide bonds. The summed E-state index contributed by atoms with van der Waals surface area (Å²) in [6.07, 6.45) is 0. The van der Waals surface area contributed by atoms with Crippen LogP contribution in [0.5, 0.6) is 23.0 Å². The molecule has 482 valence electrons. The van der Waals surface area contributed by atoms with Crippen LogP contribution in [0.3, 0.4) is 0 Å². The zero-order chi connectivity index (χ0) is 67.8. The Morgan fingerprint density at radius 1 is 0.291 bits per heavy atom. The summed E-state index contributed by atoms with van der Waals surface area (Å²) in [5.74, 6) is 3.41. The van der Waals surface area contributed by atoms with Gasteiger partial charge in [0.05, 0.1) is 33.6 Å². The molecule has 7 heteroatoms. The highest BCUT2D eigenvalue weighted by Crippen LogP contribution is 2.65. The summed E-state index contributed by atoms with van der Waals surface area (Å²) in [5.41, 5.74) is 31.2. The van der Waals surface area contributed by atoms with E-state index < -0.39 is 10.8 Å². The number of furan rings is 2. The third-order valence-electron chi connectivity index (χ3n) is 23.6. The summed E-state index contributed by atoms with van der Waals surface area (Å²) in [7, 11) is 0. The Bertz CT molecular complexity index is 6140. The highest BCUT2D eigenvalue weighted by atomic mass is 16.5. The van der Waals surface area contributed by atoms with Crippen LogP contribution >= 0.6 is 0 Å². The van der Waals surface area contributed by atoms with E-state index in [9.17, 15) is 0 Å². The van der Waals surface area contributed by atoms with Gasteiger partial charge in [-0.05, 0) is 156 Å². The number of para-hydroxylation sites is 6. The van der Waals surface area contributed by atoms with Gasteiger partial charge in [-0.15, -0.1) is 0 Å². The maximum Gasteiger partial charge on any atom is 0.252 e. The van der Waals surface area contributed by atoms with Crippen molar-refractivity contribution in [3.05, 3.63) is 366 Å². The Labute approximate surface area is 595 Å². The molecule has 17 aromatic rings. The molecule has 0 atom stereocenters. The molecule has 0 fully saturated rings. The minimum atomic E-state index is -0.667. The van der Waals surface area contributed by atoms with Crippen molar-refractivity contribution in [2.45, 2.75) is 37.0 Å². The Kier molecular flexibility index (Phi) is 11.3. The van der Waals surface area contributed by atoms with Crippen LogP contribution in [0.2, 0.25) is 0 Å². The zero-order valence-electron chi connectivity index (χ0n) is 56.6. The molecular formula is C96H61BN2O4. The standard InChI is InChI=1S/C96H61BN2O4/c1-94(2,3)58-54-81-89-82(55-58)99(80-39-19-9-25-60(80)57-45-51-88-76(53-57)96(74-37-17-23-43-86(74)101-88)71-34-14-6-28-63(71)64-29-7-15-35-72(64)96)91-78(49-47-68-66-31-11-21-41-84(66)103-93(68)91)97(89)77-48-46-67-65-30-10-20-40-83(65)102-92(67)90(77)98(81)79-38-18-8-24-59(79)56-44-50-87-75(52-56)95(73-36-16-22-42-85(73)100-87)69-32-12-4-26-61(69)62-27-5-13-33-70(62)95/h4-55H,1-3H3. The lowest BCUT2D eigenvalue weighted by Crippen LogP contribution is -2.61. The smallest absolute Gasteiger partial charge is 0.252 e. The number of benzene rings is 15. The van der Waals surface area contributed by atoms with Gasteiger partial charge in [0.2, 0.25) is 0 Å². The molecule has 6 aliphatic rings. The highest BCUT2D eigenvalue weighted by Gasteiger charge is 2.54. The first kappa shape index (κ1) is 57.0. The van der Waals surface area contributed by atoms with Gasteiger partial charge < -0.3 is 28.1 Å². The number of rotatable bonds is 4. The molecular weight excluding hydrogens is 1260 g/mol. The van der Waals surface area contributed by atoms with Crippen molar-refractivity contribution in [3.8, 4) is 67.5 Å². The third kappa shape index (κ3) is 7.37. The second kappa shape index (κ2) is 20.4. The molecule has 0 saturated carbocycles. The van der Waals surface area contributed by atoms with Crippen LogP contribution in [0.25, 0.3) is 88.4 Å². The number of nitrogens with zero attached hydrogens (tertiary/aromatic N) is 2. The van der Waals surface area contributed by atoms with Gasteiger partial charge in [-0.25, -0.2) is 0 Å². The van der Waals surface area contributed by atoms with Gasteiger partial charge in [0.1, 0.15) is 34.2 Å². The predicted molar refractivity (Wildman–Crippen MR) is 419 cm³/mol. The summed E-state index contributed by atoms with van der Waals surface area (Å²) in [4.78, 5) is 5.15. The normalized spacial score (nSPS) is 14.6. The van der Waals surface area contributed by atoms with Crippen LogP contribution in [0.4, 0.5) is 34.1 Å². The second-order valence-electron chi connectivity index (χ2n) is 29.6. The van der Waals surface area contributed by atoms with Crippen LogP contribution in [-0.4, -0.2) is 6.71 Å². The minimum Gasteiger partial charge on any atom is -0.457 e. The topological polar surface area (TPSA) is 51.2 Å². The maximum atomic E-state index is 7.43. The van der Waals surface area contributed by atoms with E-state index in [1.54, 1.807) is 0 Å². The second-order valence-corrected chi connectivity index (χ2v) is 29.6. The molecule has 15 aromatic carbocycles. The first-order chi connectivity index (χ1) is 50.7. The van der Waals surface area contributed by atoms with Crippen molar-refractivity contribution in [1.29, 1.82) is 0 Å². The maximum absolute atomic E-state index is 7.43. The average molecular weight is 1320 g/mol. The van der Waals surface area contributed by atoms with Gasteiger partial charge in [-0.1, -0.05) is 263 Å². The van der Waals surface area contributed by atoms with Gasteiger partial charge in [-0.2, -0.15) is 0 Å². The fourth-order valence-electron chi connectivity index (χ4n) is 19.3. The third-order valence-corrected chi connectivity index (χ3v) is 23.6. The number of anilines is 6. The van der Waals surface area contributed by atoms with E-state index in [-0.39, 0.29) is 12.1 Å². The van der Waals surface area contributed by atoms with Crippen LogP contribution < -0.4 is 35.7 Å². The summed E-state index contributed by atoms with van der Waals surface area (Å²) in [6.45, 7) is 6.76. The fraction of sp³-hybridized carbons (Fsp3) is 0.0625. The lowest BCUT2D eigenvalue weighted by Gasteiger charge is -2.45. The van der Waals surface area contributed by atoms with Crippen LogP contribution in [-0.2, 0) is 16.2 Å². The molecule has 2 spiro atoms. The van der Waals surface area contributed by atoms with Crippen LogP contribution in [0, 0.1) is 0 Å². The SMILES string of the molecule is CC(C)(C)c1cc2c3c(c1)N(c1ccccc1-c1ccc4c(c1)C1(c5ccccc5O4)c4ccccc4-c4ccccc41)c1c(ccc4c1oc1ccccc14)B3c1ccc3c(oc4ccccc43)c1N2c1ccccc1-c1ccc2c(c1)C1(c3ccccc3O2)c2ccccc2-c2ccccc21. The Morgan fingerprint density at radius 2 is 0.641 bits per heavy atom. The fourth-order valence-corrected chi connectivity index (χ4v) is 19.3. The lowest BCUT2D eigenvalue weighted by atomic mass is 9.33. The van der Waals surface area contributed by atoms with E-state index in [0.29, 0.717) is 0 Å². The van der Waals surface area contributed by atoms with Crippen molar-refractivity contribution >= 4 is 101 Å². The molecule has 103 heavy (non-hydrogen) atoms. The number of hydrogen-bond acceptors (Lipinski definition) is 6. The van der Waals surface area contributed by atoms with Crippen molar-refractivity contribution in [1.82, 2.24) is 0 Å². The van der Waals surface area contributed by atoms with E-state index >= 15 is 0 Å². The van der Waals surface area contributed by atoms with Crippen molar-refractivity contribution in [2.24, 2.45) is 0 Å². The van der Waals surface area contributed by atoms with E-state index in [0.717, 1.165) is 156 Å². The van der Waals surface area contributed by atoms with Crippen LogP contribution in [0.1, 0.15) is 70.8 Å². The summed E-state index contributed by atoms with van der Waals surface area (Å²) in [5, 5.41) is 4.26. The monoisotopic (exact) mass is 1320 g/mol. The first-order valence-corrected chi connectivity index (χ1v) is 35.8. The van der Waals surface area contributed by atoms with Crippen molar-refractivity contribution < 1.29 is 18.3 Å². The molecule has 2 aliphatic carbocycles. The largest absolute Gasteiger partial charge is 0.457 e. The zero-order valence-corrected chi connectivity index (χ0v) is 56.6. The van der Waals surface area contributed by atoms with Crippen molar-refractivity contribution in [2.75, 3.05) is 9.80 Å². The number of hydrogen-bond donors (Lipinski definition) is 0. The summed E-state index contributed by atoms with van der Waals surface area (Å²) >= 11 is 0. The molecule has 6 heterocycles. The number of fused-ring (bicyclic) bond motifs is 30. The highest BCUT2D eigenvalue weighted by molar-refractivity contribution is 7.00. The molecule has 2 aromatic heterocycles. The van der Waals surface area contributed by atoms with Crippen molar-refractivity contribution in [3.63, 3.8) is 0 Å². The quantitative estimate of drug-likeness (QED) is 0.164. The van der Waals surface area contributed by atoms with Crippen LogP contribution in [0.15, 0.2) is 324 Å². The van der Waals surface area contributed by atoms with E-state index in [1.165, 1.54) is 55.5 Å². The molecule has 0 saturated heterocycles. The average Bonchev–Trinajstić information content (AvgIpc) is 1.68. The molecule has 6 nitrogen and oxygen atoms in total. The Hall–Kier alpha value is -12.8. The Morgan fingerprint density at radius 3 is 1.06 bits per heavy atom. The molecule has 0 N–H and O–H groups in total. The number of ether oxygens (including phenoxy) is 2. The van der Waals surface area contributed by atoms with Gasteiger partial charge in [0.15, 0.2) is 11.2 Å². The minimum absolute atomic E-state index is 0.294. The van der Waals surface area contributed by atoms with E-state index in [4.69, 9.17) is 18.3 Å². The summed E-state index contributed by atoms with van der Waals surface area (Å²) in [6, 6.07) is 117. The molecule has 23 rings (SSSR count). The van der Waals surface area contributed by atoms with Gasteiger partial charge in [0, 0.05) is 66.3 Å². The molecule has 4 aliphatic heterocycles. The molecule has 0 unspecified atom stereocenters. The first-order valence-electron chi connectivity index (χ1n) is 35.8. The Balaban J connectivity index is 0.801. The molecule has 0 bridgehead atoms. The predicted octanol–water partition coefficient (Wildman–Crippen LogP) is 23.1. The lowest BCUT2D eigenvalue weighted by molar-refractivity contribution is 0.436.